The Hall–Kier alpha value is -2.00. The zero-order valence-corrected chi connectivity index (χ0v) is 10.6. The summed E-state index contributed by atoms with van der Waals surface area (Å²) in [6, 6.07) is 13.5. The lowest BCUT2D eigenvalue weighted by Crippen LogP contribution is -1.94. The monoisotopic (exact) mass is 257 g/mol. The summed E-state index contributed by atoms with van der Waals surface area (Å²) in [6.45, 7) is 0. The summed E-state index contributed by atoms with van der Waals surface area (Å²) >= 11 is 6.03. The average molecular weight is 258 g/mol. The van der Waals surface area contributed by atoms with Gasteiger partial charge >= 0.3 is 0 Å². The van der Waals surface area contributed by atoms with Crippen LogP contribution in [0.3, 0.4) is 0 Å². The number of nitrogen functional groups attached to an aromatic ring is 1. The molecule has 2 aromatic carbocycles. The Bertz CT molecular complexity index is 711. The summed E-state index contributed by atoms with van der Waals surface area (Å²) in [5.74, 6) is 0.866. The zero-order valence-electron chi connectivity index (χ0n) is 9.89. The minimum Gasteiger partial charge on any atom is -0.399 e. The number of rotatable bonds is 1. The fraction of sp³-hybridized carbons (Fsp3) is 0.0714. The van der Waals surface area contributed by atoms with Gasteiger partial charge in [-0.1, -0.05) is 23.7 Å². The van der Waals surface area contributed by atoms with Crippen molar-refractivity contribution in [2.45, 2.75) is 0 Å². The first-order valence-electron chi connectivity index (χ1n) is 5.63. The van der Waals surface area contributed by atoms with Gasteiger partial charge < -0.3 is 10.3 Å². The Balaban J connectivity index is 2.28. The maximum atomic E-state index is 6.03. The van der Waals surface area contributed by atoms with Crippen LogP contribution in [0.25, 0.3) is 22.4 Å². The Morgan fingerprint density at radius 2 is 1.94 bits per heavy atom. The molecule has 0 spiro atoms. The summed E-state index contributed by atoms with van der Waals surface area (Å²) < 4.78 is 2.04. The molecule has 3 rings (SSSR count). The van der Waals surface area contributed by atoms with Gasteiger partial charge in [0.05, 0.1) is 11.0 Å². The van der Waals surface area contributed by atoms with Gasteiger partial charge in [0.1, 0.15) is 5.82 Å². The van der Waals surface area contributed by atoms with E-state index in [-0.39, 0.29) is 0 Å². The highest BCUT2D eigenvalue weighted by atomic mass is 35.5. The Labute approximate surface area is 110 Å². The largest absolute Gasteiger partial charge is 0.399 e. The molecule has 1 heterocycles. The number of para-hydroxylation sites is 2. The van der Waals surface area contributed by atoms with Crippen molar-refractivity contribution in [3.8, 4) is 11.4 Å². The maximum Gasteiger partial charge on any atom is 0.140 e. The number of fused-ring (bicyclic) bond motifs is 1. The van der Waals surface area contributed by atoms with Gasteiger partial charge in [-0.3, -0.25) is 0 Å². The molecule has 4 heteroatoms. The van der Waals surface area contributed by atoms with Gasteiger partial charge in [-0.15, -0.1) is 0 Å². The Morgan fingerprint density at radius 3 is 2.67 bits per heavy atom. The lowest BCUT2D eigenvalue weighted by Gasteiger charge is -2.04. The van der Waals surface area contributed by atoms with Gasteiger partial charge in [-0.25, -0.2) is 4.98 Å². The normalized spacial score (nSPS) is 11.0. The van der Waals surface area contributed by atoms with E-state index in [4.69, 9.17) is 17.3 Å². The van der Waals surface area contributed by atoms with Gasteiger partial charge in [0, 0.05) is 23.3 Å². The van der Waals surface area contributed by atoms with Crippen LogP contribution in [0.15, 0.2) is 42.5 Å². The first-order valence-corrected chi connectivity index (χ1v) is 6.01. The van der Waals surface area contributed by atoms with Crippen LogP contribution in [-0.2, 0) is 7.05 Å². The fourth-order valence-corrected chi connectivity index (χ4v) is 2.39. The Morgan fingerprint density at radius 1 is 1.17 bits per heavy atom. The molecular weight excluding hydrogens is 246 g/mol. The van der Waals surface area contributed by atoms with Crippen LogP contribution < -0.4 is 5.73 Å². The number of anilines is 1. The molecule has 0 bridgehead atoms. The van der Waals surface area contributed by atoms with Crippen LogP contribution >= 0.6 is 11.6 Å². The maximum absolute atomic E-state index is 6.03. The number of benzene rings is 2. The van der Waals surface area contributed by atoms with Crippen LogP contribution in [0.1, 0.15) is 0 Å². The van der Waals surface area contributed by atoms with E-state index in [1.165, 1.54) is 0 Å². The van der Waals surface area contributed by atoms with Crippen molar-refractivity contribution in [2.24, 2.45) is 7.05 Å². The quantitative estimate of drug-likeness (QED) is 0.679. The molecule has 0 fully saturated rings. The molecule has 0 atom stereocenters. The van der Waals surface area contributed by atoms with Crippen LogP contribution in [0.4, 0.5) is 5.69 Å². The molecular formula is C14H12ClN3. The number of aromatic nitrogens is 2. The molecule has 0 aliphatic rings. The molecule has 0 saturated carbocycles. The van der Waals surface area contributed by atoms with Crippen LogP contribution in [0.5, 0.6) is 0 Å². The number of halogens is 1. The van der Waals surface area contributed by atoms with Crippen molar-refractivity contribution < 1.29 is 0 Å². The zero-order chi connectivity index (χ0) is 12.7. The third-order valence-electron chi connectivity index (χ3n) is 2.97. The molecule has 0 saturated heterocycles. The highest BCUT2D eigenvalue weighted by molar-refractivity contribution is 6.31. The number of aryl methyl sites for hydroxylation is 1. The van der Waals surface area contributed by atoms with Gasteiger partial charge in [-0.05, 0) is 30.3 Å². The van der Waals surface area contributed by atoms with Crippen molar-refractivity contribution >= 4 is 28.3 Å². The third kappa shape index (κ3) is 1.73. The molecule has 0 radical (unpaired) electrons. The second kappa shape index (κ2) is 4.03. The molecule has 3 aromatic rings. The summed E-state index contributed by atoms with van der Waals surface area (Å²) in [7, 11) is 1.99. The van der Waals surface area contributed by atoms with Crippen LogP contribution in [0, 0.1) is 0 Å². The number of imidazole rings is 1. The van der Waals surface area contributed by atoms with Crippen LogP contribution in [0.2, 0.25) is 5.02 Å². The number of hydrogen-bond acceptors (Lipinski definition) is 2. The van der Waals surface area contributed by atoms with Gasteiger partial charge in [0.15, 0.2) is 0 Å². The van der Waals surface area contributed by atoms with E-state index in [0.29, 0.717) is 10.7 Å². The third-order valence-corrected chi connectivity index (χ3v) is 3.18. The second-order valence-corrected chi connectivity index (χ2v) is 4.69. The first kappa shape index (κ1) is 11.1. The Kier molecular flexibility index (Phi) is 2.49. The summed E-state index contributed by atoms with van der Waals surface area (Å²) in [5.41, 5.74) is 9.45. The van der Waals surface area contributed by atoms with Crippen molar-refractivity contribution in [3.05, 3.63) is 47.5 Å². The highest BCUT2D eigenvalue weighted by Crippen LogP contribution is 2.27. The first-order chi connectivity index (χ1) is 8.65. The highest BCUT2D eigenvalue weighted by Gasteiger charge is 2.10. The topological polar surface area (TPSA) is 43.8 Å². The standard InChI is InChI=1S/C14H12ClN3/c1-18-13-5-3-2-4-12(13)17-14(18)9-6-10(15)8-11(16)7-9/h2-8H,16H2,1H3. The van der Waals surface area contributed by atoms with E-state index in [0.717, 1.165) is 22.4 Å². The summed E-state index contributed by atoms with van der Waals surface area (Å²) in [5, 5.41) is 0.622. The van der Waals surface area contributed by atoms with E-state index in [2.05, 4.69) is 4.98 Å². The molecule has 18 heavy (non-hydrogen) atoms. The van der Waals surface area contributed by atoms with Crippen molar-refractivity contribution in [2.75, 3.05) is 5.73 Å². The lowest BCUT2D eigenvalue weighted by atomic mass is 10.2. The smallest absolute Gasteiger partial charge is 0.140 e. The molecule has 90 valence electrons. The molecule has 3 nitrogen and oxygen atoms in total. The summed E-state index contributed by atoms with van der Waals surface area (Å²) in [6.07, 6.45) is 0. The minimum atomic E-state index is 0.622. The second-order valence-electron chi connectivity index (χ2n) is 4.26. The predicted molar refractivity (Wildman–Crippen MR) is 75.6 cm³/mol. The molecule has 0 aliphatic heterocycles. The van der Waals surface area contributed by atoms with Crippen molar-refractivity contribution in [3.63, 3.8) is 0 Å². The molecule has 0 unspecified atom stereocenters. The van der Waals surface area contributed by atoms with Crippen molar-refractivity contribution in [1.29, 1.82) is 0 Å². The van der Waals surface area contributed by atoms with E-state index in [9.17, 15) is 0 Å². The van der Waals surface area contributed by atoms with E-state index < -0.39 is 0 Å². The molecule has 0 aliphatic carbocycles. The fourth-order valence-electron chi connectivity index (χ4n) is 2.15. The van der Waals surface area contributed by atoms with E-state index in [1.807, 2.05) is 48.0 Å². The van der Waals surface area contributed by atoms with Crippen molar-refractivity contribution in [1.82, 2.24) is 9.55 Å². The lowest BCUT2D eigenvalue weighted by molar-refractivity contribution is 0.959. The van der Waals surface area contributed by atoms with Gasteiger partial charge in [0.2, 0.25) is 0 Å². The van der Waals surface area contributed by atoms with Gasteiger partial charge in [-0.2, -0.15) is 0 Å². The average Bonchev–Trinajstić information content (AvgIpc) is 2.66. The van der Waals surface area contributed by atoms with Crippen LogP contribution in [-0.4, -0.2) is 9.55 Å². The van der Waals surface area contributed by atoms with E-state index >= 15 is 0 Å². The number of nitrogens with two attached hydrogens (primary N) is 1. The van der Waals surface area contributed by atoms with E-state index in [1.54, 1.807) is 6.07 Å². The summed E-state index contributed by atoms with van der Waals surface area (Å²) in [4.78, 5) is 4.61. The minimum absolute atomic E-state index is 0.622. The molecule has 1 aromatic heterocycles. The SMILES string of the molecule is Cn1c(-c2cc(N)cc(Cl)c2)nc2ccccc21. The number of hydrogen-bond donors (Lipinski definition) is 1. The molecule has 0 amide bonds. The molecule has 2 N–H and O–H groups in total. The van der Waals surface area contributed by atoms with Gasteiger partial charge in [0.25, 0.3) is 0 Å². The number of nitrogens with zero attached hydrogens (tertiary/aromatic N) is 2. The predicted octanol–water partition coefficient (Wildman–Crippen LogP) is 3.48.